The van der Waals surface area contributed by atoms with Crippen molar-refractivity contribution in [1.82, 2.24) is 0 Å². The van der Waals surface area contributed by atoms with Gasteiger partial charge in [0.15, 0.2) is 0 Å². The molecule has 10 heteroatoms. The van der Waals surface area contributed by atoms with E-state index in [2.05, 4.69) is 0 Å². The van der Waals surface area contributed by atoms with E-state index in [0.717, 1.165) is 6.07 Å². The molecule has 20 heavy (non-hydrogen) atoms. The topological polar surface area (TPSA) is 37.3 Å². The van der Waals surface area contributed by atoms with Gasteiger partial charge in [-0.25, -0.2) is 4.39 Å². The monoisotopic (exact) mass is 324 g/mol. The molecule has 0 saturated heterocycles. The highest BCUT2D eigenvalue weighted by Crippen LogP contribution is 2.45. The molecule has 0 aromatic heterocycles. The van der Waals surface area contributed by atoms with Crippen LogP contribution in [-0.4, -0.2) is 23.4 Å². The fourth-order valence-electron chi connectivity index (χ4n) is 1.52. The highest BCUT2D eigenvalue weighted by atomic mass is 31.2. The van der Waals surface area contributed by atoms with Crippen molar-refractivity contribution in [3.63, 3.8) is 0 Å². The molecule has 1 atom stereocenters. The molecule has 1 aromatic rings. The molecule has 114 valence electrons. The smallest absolute Gasteiger partial charge is 0.341 e. The SMILES string of the molecule is O=P(O)(CC(F)(F)F)c1cccc(CC(F)(F)F)c1F. The first-order valence-electron chi connectivity index (χ1n) is 5.05. The summed E-state index contributed by atoms with van der Waals surface area (Å²) in [7, 11) is -5.16. The van der Waals surface area contributed by atoms with Crippen molar-refractivity contribution in [3.8, 4) is 0 Å². The molecular weight excluding hydrogens is 316 g/mol. The van der Waals surface area contributed by atoms with E-state index < -0.39 is 49.0 Å². The highest BCUT2D eigenvalue weighted by molar-refractivity contribution is 7.66. The molecule has 1 N–H and O–H groups in total. The molecule has 2 nitrogen and oxygen atoms in total. The van der Waals surface area contributed by atoms with Crippen molar-refractivity contribution < 1.29 is 40.2 Å². The minimum Gasteiger partial charge on any atom is -0.341 e. The maximum Gasteiger partial charge on any atom is 0.398 e. The van der Waals surface area contributed by atoms with Crippen molar-refractivity contribution in [1.29, 1.82) is 0 Å². The number of benzene rings is 1. The molecule has 0 amide bonds. The summed E-state index contributed by atoms with van der Waals surface area (Å²) in [4.78, 5) is 9.24. The zero-order valence-electron chi connectivity index (χ0n) is 9.59. The molecule has 0 radical (unpaired) electrons. The van der Waals surface area contributed by atoms with Crippen molar-refractivity contribution in [2.24, 2.45) is 0 Å². The Kier molecular flexibility index (Phi) is 4.55. The van der Waals surface area contributed by atoms with Gasteiger partial charge in [-0.2, -0.15) is 26.3 Å². The van der Waals surface area contributed by atoms with E-state index in [9.17, 15) is 40.2 Å². The van der Waals surface area contributed by atoms with Crippen molar-refractivity contribution >= 4 is 12.7 Å². The van der Waals surface area contributed by atoms with Gasteiger partial charge in [0.1, 0.15) is 12.0 Å². The van der Waals surface area contributed by atoms with Gasteiger partial charge in [0.25, 0.3) is 0 Å². The minimum atomic E-state index is -5.16. The van der Waals surface area contributed by atoms with Gasteiger partial charge in [-0.1, -0.05) is 12.1 Å². The normalized spacial score (nSPS) is 16.0. The van der Waals surface area contributed by atoms with Gasteiger partial charge in [-0.05, 0) is 11.6 Å². The lowest BCUT2D eigenvalue weighted by Gasteiger charge is -2.16. The molecule has 0 spiro atoms. The predicted octanol–water partition coefficient (Wildman–Crippen LogP) is 3.39. The molecule has 0 fully saturated rings. The Morgan fingerprint density at radius 2 is 1.60 bits per heavy atom. The number of hydrogen-bond acceptors (Lipinski definition) is 1. The summed E-state index contributed by atoms with van der Waals surface area (Å²) in [6.45, 7) is 0. The van der Waals surface area contributed by atoms with Crippen LogP contribution in [0.4, 0.5) is 30.7 Å². The summed E-state index contributed by atoms with van der Waals surface area (Å²) in [6, 6.07) is 2.07. The fourth-order valence-corrected chi connectivity index (χ4v) is 2.94. The fraction of sp³-hybridized carbons (Fsp3) is 0.400. The third-order valence-corrected chi connectivity index (χ3v) is 4.10. The summed E-state index contributed by atoms with van der Waals surface area (Å²) in [5.74, 6) is -1.74. The summed E-state index contributed by atoms with van der Waals surface area (Å²) >= 11 is 0. The van der Waals surface area contributed by atoms with Gasteiger partial charge in [0, 0.05) is 0 Å². The lowest BCUT2D eigenvalue weighted by atomic mass is 10.1. The van der Waals surface area contributed by atoms with Crippen molar-refractivity contribution in [2.75, 3.05) is 6.16 Å². The summed E-state index contributed by atoms with van der Waals surface area (Å²) < 4.78 is 97.9. The number of rotatable bonds is 3. The zero-order valence-corrected chi connectivity index (χ0v) is 10.5. The van der Waals surface area contributed by atoms with Crippen LogP contribution >= 0.6 is 7.37 Å². The van der Waals surface area contributed by atoms with E-state index in [1.54, 1.807) is 0 Å². The number of halogens is 7. The van der Waals surface area contributed by atoms with Crippen LogP contribution in [0.15, 0.2) is 18.2 Å². The Hall–Kier alpha value is -1.08. The predicted molar refractivity (Wildman–Crippen MR) is 56.5 cm³/mol. The first-order chi connectivity index (χ1) is 8.82. The molecule has 1 rings (SSSR count). The Bertz CT molecular complexity index is 535. The Morgan fingerprint density at radius 1 is 1.05 bits per heavy atom. The Labute approximate surface area is 108 Å². The first kappa shape index (κ1) is 17.0. The number of alkyl halides is 6. The molecule has 0 saturated carbocycles. The van der Waals surface area contributed by atoms with Gasteiger partial charge in [-0.3, -0.25) is 4.57 Å². The van der Waals surface area contributed by atoms with E-state index in [1.165, 1.54) is 0 Å². The third kappa shape index (κ3) is 4.79. The van der Waals surface area contributed by atoms with Crippen molar-refractivity contribution in [3.05, 3.63) is 29.6 Å². The lowest BCUT2D eigenvalue weighted by molar-refractivity contribution is -0.127. The van der Waals surface area contributed by atoms with E-state index in [1.807, 2.05) is 0 Å². The minimum absolute atomic E-state index is 0.571. The van der Waals surface area contributed by atoms with Gasteiger partial charge in [0.05, 0.1) is 11.7 Å². The Morgan fingerprint density at radius 3 is 2.05 bits per heavy atom. The van der Waals surface area contributed by atoms with Crippen LogP contribution in [0.25, 0.3) is 0 Å². The second-order valence-electron chi connectivity index (χ2n) is 4.02. The van der Waals surface area contributed by atoms with Gasteiger partial charge in [-0.15, -0.1) is 0 Å². The lowest BCUT2D eigenvalue weighted by Crippen LogP contribution is -2.23. The third-order valence-electron chi connectivity index (χ3n) is 2.22. The molecule has 0 bridgehead atoms. The molecule has 1 unspecified atom stereocenters. The van der Waals surface area contributed by atoms with E-state index in [0.29, 0.717) is 12.1 Å². The van der Waals surface area contributed by atoms with Crippen LogP contribution in [0.2, 0.25) is 0 Å². The average molecular weight is 324 g/mol. The first-order valence-corrected chi connectivity index (χ1v) is 6.89. The van der Waals surface area contributed by atoms with Crippen LogP contribution in [-0.2, 0) is 11.0 Å². The largest absolute Gasteiger partial charge is 0.398 e. The summed E-state index contributed by atoms with van der Waals surface area (Å²) in [5.41, 5.74) is -0.980. The molecular formula is C10H8F7O2P. The standard InChI is InChI=1S/C10H8F7O2P/c11-8-6(4-9(12,13)14)2-1-3-7(8)20(18,19)5-10(15,16)17/h1-3H,4-5H2,(H,18,19). The van der Waals surface area contributed by atoms with Crippen LogP contribution in [0.3, 0.4) is 0 Å². The Balaban J connectivity index is 3.21. The van der Waals surface area contributed by atoms with Gasteiger partial charge in [0.2, 0.25) is 7.37 Å². The van der Waals surface area contributed by atoms with Crippen LogP contribution in [0, 0.1) is 5.82 Å². The van der Waals surface area contributed by atoms with E-state index >= 15 is 0 Å². The highest BCUT2D eigenvalue weighted by Gasteiger charge is 2.41. The van der Waals surface area contributed by atoms with Crippen LogP contribution in [0.5, 0.6) is 0 Å². The van der Waals surface area contributed by atoms with E-state index in [-0.39, 0.29) is 0 Å². The second-order valence-corrected chi connectivity index (χ2v) is 6.22. The molecule has 0 aliphatic rings. The van der Waals surface area contributed by atoms with Crippen molar-refractivity contribution in [2.45, 2.75) is 18.8 Å². The van der Waals surface area contributed by atoms with E-state index in [4.69, 9.17) is 0 Å². The second kappa shape index (κ2) is 5.37. The molecule has 0 aliphatic carbocycles. The van der Waals surface area contributed by atoms with Gasteiger partial charge < -0.3 is 4.89 Å². The number of hydrogen-bond donors (Lipinski definition) is 1. The summed E-state index contributed by atoms with van der Waals surface area (Å²) in [5, 5.41) is -1.25. The summed E-state index contributed by atoms with van der Waals surface area (Å²) in [6.07, 6.45) is -13.8. The molecule has 1 aromatic carbocycles. The molecule has 0 aliphatic heterocycles. The maximum atomic E-state index is 13.7. The average Bonchev–Trinajstić information content (AvgIpc) is 2.15. The van der Waals surface area contributed by atoms with Crippen LogP contribution < -0.4 is 5.30 Å². The maximum absolute atomic E-state index is 13.7. The quantitative estimate of drug-likeness (QED) is 0.684. The molecule has 0 heterocycles. The zero-order chi connectivity index (χ0) is 15.8. The van der Waals surface area contributed by atoms with Gasteiger partial charge >= 0.3 is 12.4 Å². The van der Waals surface area contributed by atoms with Crippen LogP contribution in [0.1, 0.15) is 5.56 Å².